The number of benzene rings is 1. The van der Waals surface area contributed by atoms with Crippen molar-refractivity contribution in [3.05, 3.63) is 23.8 Å². The Morgan fingerprint density at radius 2 is 2.14 bits per heavy atom. The minimum atomic E-state index is 0.200. The molecule has 2 heteroatoms. The number of ether oxygens (including phenoxy) is 1. The molecule has 0 fully saturated rings. The summed E-state index contributed by atoms with van der Waals surface area (Å²) in [5.74, 6) is 0.982. The minimum Gasteiger partial charge on any atom is -0.491 e. The van der Waals surface area contributed by atoms with E-state index in [4.69, 9.17) is 4.74 Å². The third-order valence-electron chi connectivity index (χ3n) is 2.60. The molecule has 1 aliphatic heterocycles. The molecule has 0 saturated carbocycles. The first kappa shape index (κ1) is 9.38. The molecule has 14 heavy (non-hydrogen) atoms. The molecule has 1 heterocycles. The van der Waals surface area contributed by atoms with Gasteiger partial charge in [0.1, 0.15) is 5.75 Å². The van der Waals surface area contributed by atoms with E-state index in [2.05, 4.69) is 32.2 Å². The molecule has 76 valence electrons. The Bertz CT molecular complexity index is 344. The second-order valence-electron chi connectivity index (χ2n) is 4.75. The second kappa shape index (κ2) is 3.19. The summed E-state index contributed by atoms with van der Waals surface area (Å²) < 4.78 is 5.78. The number of anilines is 1. The summed E-state index contributed by atoms with van der Waals surface area (Å²) in [7, 11) is 0. The largest absolute Gasteiger partial charge is 0.491 e. The van der Waals surface area contributed by atoms with Gasteiger partial charge in [-0.15, -0.1) is 0 Å². The average molecular weight is 191 g/mol. The predicted molar refractivity (Wildman–Crippen MR) is 58.9 cm³/mol. The van der Waals surface area contributed by atoms with Gasteiger partial charge in [0.2, 0.25) is 0 Å². The van der Waals surface area contributed by atoms with E-state index < -0.39 is 0 Å². The Morgan fingerprint density at radius 1 is 1.36 bits per heavy atom. The zero-order valence-corrected chi connectivity index (χ0v) is 9.05. The first-order chi connectivity index (χ1) is 6.58. The Kier molecular flexibility index (Phi) is 2.14. The van der Waals surface area contributed by atoms with Crippen molar-refractivity contribution in [2.24, 2.45) is 5.41 Å². The Hall–Kier alpha value is -1.18. The fourth-order valence-corrected chi connectivity index (χ4v) is 1.64. The normalized spacial score (nSPS) is 18.8. The average Bonchev–Trinajstić information content (AvgIpc) is 2.27. The molecule has 0 radical (unpaired) electrons. The number of aryl methyl sites for hydroxylation is 1. The molecule has 1 aromatic rings. The minimum absolute atomic E-state index is 0.200. The lowest BCUT2D eigenvalue weighted by molar-refractivity contribution is 0.200. The van der Waals surface area contributed by atoms with E-state index in [9.17, 15) is 0 Å². The van der Waals surface area contributed by atoms with E-state index in [-0.39, 0.29) is 5.41 Å². The van der Waals surface area contributed by atoms with Crippen LogP contribution in [0.1, 0.15) is 19.4 Å². The summed E-state index contributed by atoms with van der Waals surface area (Å²) in [4.78, 5) is 0. The summed E-state index contributed by atoms with van der Waals surface area (Å²) in [6.07, 6.45) is 0. The van der Waals surface area contributed by atoms with Gasteiger partial charge in [0.05, 0.1) is 12.3 Å². The zero-order chi connectivity index (χ0) is 10.2. The van der Waals surface area contributed by atoms with E-state index >= 15 is 0 Å². The highest BCUT2D eigenvalue weighted by Crippen LogP contribution is 2.33. The van der Waals surface area contributed by atoms with Crippen molar-refractivity contribution in [3.8, 4) is 5.75 Å². The van der Waals surface area contributed by atoms with Crippen LogP contribution in [0.25, 0.3) is 0 Å². The monoisotopic (exact) mass is 191 g/mol. The Labute approximate surface area is 85.3 Å². The maximum atomic E-state index is 5.78. The van der Waals surface area contributed by atoms with Crippen LogP contribution in [0.2, 0.25) is 0 Å². The molecular formula is C12H17NO. The molecule has 0 amide bonds. The van der Waals surface area contributed by atoms with Crippen LogP contribution in [-0.2, 0) is 0 Å². The van der Waals surface area contributed by atoms with Crippen LogP contribution in [-0.4, -0.2) is 13.2 Å². The van der Waals surface area contributed by atoms with Crippen molar-refractivity contribution in [2.45, 2.75) is 20.8 Å². The smallest absolute Gasteiger partial charge is 0.142 e. The summed E-state index contributed by atoms with van der Waals surface area (Å²) in [6, 6.07) is 6.17. The number of nitrogens with one attached hydrogen (secondary N) is 1. The molecule has 0 saturated heterocycles. The van der Waals surface area contributed by atoms with Gasteiger partial charge in [-0.3, -0.25) is 0 Å². The molecule has 1 aromatic carbocycles. The summed E-state index contributed by atoms with van der Waals surface area (Å²) in [5.41, 5.74) is 2.60. The van der Waals surface area contributed by atoms with Gasteiger partial charge in [0.15, 0.2) is 0 Å². The van der Waals surface area contributed by atoms with Crippen LogP contribution in [0.3, 0.4) is 0 Å². The lowest BCUT2D eigenvalue weighted by atomic mass is 9.95. The van der Waals surface area contributed by atoms with Gasteiger partial charge in [-0.05, 0) is 18.6 Å². The van der Waals surface area contributed by atoms with Crippen molar-refractivity contribution in [2.75, 3.05) is 18.5 Å². The van der Waals surface area contributed by atoms with Crippen molar-refractivity contribution in [1.29, 1.82) is 0 Å². The zero-order valence-electron chi connectivity index (χ0n) is 9.05. The topological polar surface area (TPSA) is 21.3 Å². The summed E-state index contributed by atoms with van der Waals surface area (Å²) in [5, 5.41) is 3.46. The third-order valence-corrected chi connectivity index (χ3v) is 2.60. The standard InChI is InChI=1S/C12H17NO/c1-9-5-4-6-10-11(9)13-7-12(2,3)8-14-10/h4-6,13H,7-8H2,1-3H3. The fourth-order valence-electron chi connectivity index (χ4n) is 1.64. The molecule has 0 aliphatic carbocycles. The van der Waals surface area contributed by atoms with Crippen molar-refractivity contribution < 1.29 is 4.74 Å². The van der Waals surface area contributed by atoms with Crippen LogP contribution in [0.4, 0.5) is 5.69 Å². The van der Waals surface area contributed by atoms with Crippen LogP contribution in [0.15, 0.2) is 18.2 Å². The predicted octanol–water partition coefficient (Wildman–Crippen LogP) is 2.83. The van der Waals surface area contributed by atoms with Gasteiger partial charge in [0, 0.05) is 12.0 Å². The maximum absolute atomic E-state index is 5.78. The maximum Gasteiger partial charge on any atom is 0.142 e. The quantitative estimate of drug-likeness (QED) is 0.681. The van der Waals surface area contributed by atoms with Gasteiger partial charge in [-0.1, -0.05) is 26.0 Å². The number of hydrogen-bond acceptors (Lipinski definition) is 2. The number of para-hydroxylation sites is 1. The van der Waals surface area contributed by atoms with Gasteiger partial charge in [-0.2, -0.15) is 0 Å². The summed E-state index contributed by atoms with van der Waals surface area (Å²) in [6.45, 7) is 8.26. The first-order valence-corrected chi connectivity index (χ1v) is 5.05. The molecule has 0 atom stereocenters. The van der Waals surface area contributed by atoms with Crippen LogP contribution in [0, 0.1) is 12.3 Å². The first-order valence-electron chi connectivity index (χ1n) is 5.05. The highest BCUT2D eigenvalue weighted by molar-refractivity contribution is 5.62. The lowest BCUT2D eigenvalue weighted by Gasteiger charge is -2.20. The Balaban J connectivity index is 2.34. The van der Waals surface area contributed by atoms with Crippen molar-refractivity contribution in [1.82, 2.24) is 0 Å². The molecule has 0 spiro atoms. The second-order valence-corrected chi connectivity index (χ2v) is 4.75. The van der Waals surface area contributed by atoms with Gasteiger partial charge in [0.25, 0.3) is 0 Å². The van der Waals surface area contributed by atoms with E-state index in [1.807, 2.05) is 12.1 Å². The highest BCUT2D eigenvalue weighted by Gasteiger charge is 2.23. The van der Waals surface area contributed by atoms with E-state index in [0.717, 1.165) is 24.6 Å². The molecule has 2 nitrogen and oxygen atoms in total. The highest BCUT2D eigenvalue weighted by atomic mass is 16.5. The Morgan fingerprint density at radius 3 is 2.93 bits per heavy atom. The van der Waals surface area contributed by atoms with Crippen LogP contribution >= 0.6 is 0 Å². The van der Waals surface area contributed by atoms with Crippen molar-refractivity contribution >= 4 is 5.69 Å². The number of hydrogen-bond donors (Lipinski definition) is 1. The third kappa shape index (κ3) is 1.69. The molecule has 0 aromatic heterocycles. The van der Waals surface area contributed by atoms with Crippen molar-refractivity contribution in [3.63, 3.8) is 0 Å². The molecule has 2 rings (SSSR count). The van der Waals surface area contributed by atoms with Crippen LogP contribution < -0.4 is 10.1 Å². The summed E-state index contributed by atoms with van der Waals surface area (Å²) >= 11 is 0. The van der Waals surface area contributed by atoms with Gasteiger partial charge >= 0.3 is 0 Å². The van der Waals surface area contributed by atoms with Gasteiger partial charge in [-0.25, -0.2) is 0 Å². The van der Waals surface area contributed by atoms with E-state index in [1.54, 1.807) is 0 Å². The number of rotatable bonds is 0. The van der Waals surface area contributed by atoms with E-state index in [0.29, 0.717) is 0 Å². The molecule has 1 aliphatic rings. The number of fused-ring (bicyclic) bond motifs is 1. The van der Waals surface area contributed by atoms with Crippen LogP contribution in [0.5, 0.6) is 5.75 Å². The molecule has 0 bridgehead atoms. The molecule has 1 N–H and O–H groups in total. The fraction of sp³-hybridized carbons (Fsp3) is 0.500. The lowest BCUT2D eigenvalue weighted by Crippen LogP contribution is -2.27. The molecular weight excluding hydrogens is 174 g/mol. The van der Waals surface area contributed by atoms with Gasteiger partial charge < -0.3 is 10.1 Å². The van der Waals surface area contributed by atoms with E-state index in [1.165, 1.54) is 5.56 Å². The SMILES string of the molecule is Cc1cccc2c1NCC(C)(C)CO2. The molecule has 0 unspecified atom stereocenters.